The van der Waals surface area contributed by atoms with E-state index in [4.69, 9.17) is 9.47 Å². The Kier molecular flexibility index (Phi) is 7.98. The minimum absolute atomic E-state index is 0.126. The molecule has 1 heterocycles. The molecule has 1 aromatic heterocycles. The van der Waals surface area contributed by atoms with Crippen LogP contribution in [-0.4, -0.2) is 46.8 Å². The molecule has 162 valence electrons. The van der Waals surface area contributed by atoms with Gasteiger partial charge in [0.05, 0.1) is 13.7 Å². The maximum Gasteiger partial charge on any atom is 0.251 e. The summed E-state index contributed by atoms with van der Waals surface area (Å²) in [5.74, 6) is 1.04. The number of ether oxygens (including phenoxy) is 2. The van der Waals surface area contributed by atoms with Crippen molar-refractivity contribution in [2.45, 2.75) is 19.4 Å². The highest BCUT2D eigenvalue weighted by Crippen LogP contribution is 2.17. The number of aromatic nitrogens is 3. The SMILES string of the molecule is COc1ccc(C(=O)NCCCC(=O)Nc2cccc(OCCn3cncn3)c2)cc1. The highest BCUT2D eigenvalue weighted by atomic mass is 16.5. The van der Waals surface area contributed by atoms with Crippen molar-refractivity contribution in [2.75, 3.05) is 25.6 Å². The Labute approximate surface area is 180 Å². The lowest BCUT2D eigenvalue weighted by Crippen LogP contribution is -2.25. The second kappa shape index (κ2) is 11.3. The molecule has 0 radical (unpaired) electrons. The van der Waals surface area contributed by atoms with E-state index in [0.29, 0.717) is 55.3 Å². The highest BCUT2D eigenvalue weighted by molar-refractivity contribution is 5.94. The van der Waals surface area contributed by atoms with E-state index in [0.717, 1.165) is 0 Å². The van der Waals surface area contributed by atoms with Crippen molar-refractivity contribution < 1.29 is 19.1 Å². The number of anilines is 1. The smallest absolute Gasteiger partial charge is 0.251 e. The molecule has 0 atom stereocenters. The number of nitrogens with one attached hydrogen (secondary N) is 2. The third-order valence-corrected chi connectivity index (χ3v) is 4.39. The van der Waals surface area contributed by atoms with E-state index < -0.39 is 0 Å². The first-order valence-corrected chi connectivity index (χ1v) is 9.91. The highest BCUT2D eigenvalue weighted by Gasteiger charge is 2.07. The number of carbonyl (C=O) groups is 2. The molecule has 2 aromatic carbocycles. The molecule has 0 spiro atoms. The van der Waals surface area contributed by atoms with Gasteiger partial charge in [0.25, 0.3) is 5.91 Å². The number of rotatable bonds is 11. The normalized spacial score (nSPS) is 10.4. The fraction of sp³-hybridized carbons (Fsp3) is 0.273. The van der Waals surface area contributed by atoms with Crippen LogP contribution in [0.15, 0.2) is 61.2 Å². The summed E-state index contributed by atoms with van der Waals surface area (Å²) in [4.78, 5) is 28.2. The Morgan fingerprint density at radius 2 is 1.94 bits per heavy atom. The average molecular weight is 423 g/mol. The number of hydrogen-bond donors (Lipinski definition) is 2. The Morgan fingerprint density at radius 1 is 1.10 bits per heavy atom. The zero-order valence-electron chi connectivity index (χ0n) is 17.3. The van der Waals surface area contributed by atoms with E-state index >= 15 is 0 Å². The molecule has 0 aliphatic rings. The van der Waals surface area contributed by atoms with Crippen molar-refractivity contribution in [3.8, 4) is 11.5 Å². The molecule has 0 saturated heterocycles. The molecule has 2 amide bonds. The lowest BCUT2D eigenvalue weighted by atomic mass is 10.2. The number of benzene rings is 2. The second-order valence-corrected chi connectivity index (χ2v) is 6.67. The molecule has 0 unspecified atom stereocenters. The van der Waals surface area contributed by atoms with Crippen LogP contribution in [-0.2, 0) is 11.3 Å². The Hall–Kier alpha value is -3.88. The molecule has 3 aromatic rings. The molecular weight excluding hydrogens is 398 g/mol. The molecular formula is C22H25N5O4. The molecule has 0 saturated carbocycles. The topological polar surface area (TPSA) is 107 Å². The second-order valence-electron chi connectivity index (χ2n) is 6.67. The zero-order chi connectivity index (χ0) is 21.9. The van der Waals surface area contributed by atoms with Crippen LogP contribution < -0.4 is 20.1 Å². The number of carbonyl (C=O) groups excluding carboxylic acids is 2. The summed E-state index contributed by atoms with van der Waals surface area (Å²) in [6, 6.07) is 14.1. The summed E-state index contributed by atoms with van der Waals surface area (Å²) in [6.45, 7) is 1.43. The maximum absolute atomic E-state index is 12.2. The van der Waals surface area contributed by atoms with Gasteiger partial charge in [0, 0.05) is 30.3 Å². The number of nitrogens with zero attached hydrogens (tertiary/aromatic N) is 3. The summed E-state index contributed by atoms with van der Waals surface area (Å²) in [5.41, 5.74) is 1.21. The van der Waals surface area contributed by atoms with Crippen molar-refractivity contribution in [3.63, 3.8) is 0 Å². The number of amides is 2. The largest absolute Gasteiger partial charge is 0.497 e. The van der Waals surface area contributed by atoms with Gasteiger partial charge in [-0.3, -0.25) is 9.59 Å². The summed E-state index contributed by atoms with van der Waals surface area (Å²) < 4.78 is 12.4. The third kappa shape index (κ3) is 7.14. The number of methoxy groups -OCH3 is 1. The van der Waals surface area contributed by atoms with Gasteiger partial charge in [-0.2, -0.15) is 5.10 Å². The lowest BCUT2D eigenvalue weighted by Gasteiger charge is -2.10. The van der Waals surface area contributed by atoms with Crippen molar-refractivity contribution in [3.05, 3.63) is 66.7 Å². The third-order valence-electron chi connectivity index (χ3n) is 4.39. The van der Waals surface area contributed by atoms with Gasteiger partial charge in [0.2, 0.25) is 5.91 Å². The first kappa shape index (κ1) is 21.8. The van der Waals surface area contributed by atoms with Gasteiger partial charge in [-0.05, 0) is 42.8 Å². The van der Waals surface area contributed by atoms with Gasteiger partial charge in [-0.15, -0.1) is 0 Å². The predicted molar refractivity (Wildman–Crippen MR) is 115 cm³/mol. The molecule has 0 aliphatic heterocycles. The van der Waals surface area contributed by atoms with Gasteiger partial charge in [-0.25, -0.2) is 9.67 Å². The van der Waals surface area contributed by atoms with Crippen molar-refractivity contribution in [1.29, 1.82) is 0 Å². The van der Waals surface area contributed by atoms with Crippen LogP contribution in [0.5, 0.6) is 11.5 Å². The molecule has 31 heavy (non-hydrogen) atoms. The minimum atomic E-state index is -0.182. The van der Waals surface area contributed by atoms with Crippen LogP contribution in [0, 0.1) is 0 Å². The molecule has 2 N–H and O–H groups in total. The van der Waals surface area contributed by atoms with Crippen molar-refractivity contribution >= 4 is 17.5 Å². The van der Waals surface area contributed by atoms with E-state index in [-0.39, 0.29) is 11.8 Å². The van der Waals surface area contributed by atoms with Crippen molar-refractivity contribution in [1.82, 2.24) is 20.1 Å². The molecule has 0 aliphatic carbocycles. The standard InChI is InChI=1S/C22H25N5O4/c1-30-19-9-7-17(8-10-19)22(29)24-11-3-6-21(28)26-18-4-2-5-20(14-18)31-13-12-27-16-23-15-25-27/h2,4-5,7-10,14-16H,3,6,11-13H2,1H3,(H,24,29)(H,26,28). The summed E-state index contributed by atoms with van der Waals surface area (Å²) >= 11 is 0. The van der Waals surface area contributed by atoms with Crippen molar-refractivity contribution in [2.24, 2.45) is 0 Å². The van der Waals surface area contributed by atoms with Gasteiger partial charge >= 0.3 is 0 Å². The molecule has 0 fully saturated rings. The van der Waals surface area contributed by atoms with Crippen LogP contribution in [0.4, 0.5) is 5.69 Å². The molecule has 9 nitrogen and oxygen atoms in total. The molecule has 0 bridgehead atoms. The van der Waals surface area contributed by atoms with E-state index in [1.165, 1.54) is 6.33 Å². The van der Waals surface area contributed by atoms with Crippen LogP contribution in [0.1, 0.15) is 23.2 Å². The van der Waals surface area contributed by atoms with E-state index in [1.54, 1.807) is 54.5 Å². The fourth-order valence-electron chi connectivity index (χ4n) is 2.79. The van der Waals surface area contributed by atoms with Crippen LogP contribution in [0.3, 0.4) is 0 Å². The van der Waals surface area contributed by atoms with Crippen LogP contribution in [0.2, 0.25) is 0 Å². The Morgan fingerprint density at radius 3 is 2.68 bits per heavy atom. The maximum atomic E-state index is 12.2. The lowest BCUT2D eigenvalue weighted by molar-refractivity contribution is -0.116. The summed E-state index contributed by atoms with van der Waals surface area (Å²) in [7, 11) is 1.57. The number of hydrogen-bond acceptors (Lipinski definition) is 6. The quantitative estimate of drug-likeness (QED) is 0.459. The first-order chi connectivity index (χ1) is 15.1. The minimum Gasteiger partial charge on any atom is -0.497 e. The van der Waals surface area contributed by atoms with Gasteiger partial charge in [-0.1, -0.05) is 6.07 Å². The summed E-state index contributed by atoms with van der Waals surface area (Å²) in [6.07, 6.45) is 3.92. The van der Waals surface area contributed by atoms with E-state index in [9.17, 15) is 9.59 Å². The van der Waals surface area contributed by atoms with Gasteiger partial charge in [0.15, 0.2) is 0 Å². The Bertz CT molecular complexity index is 974. The summed E-state index contributed by atoms with van der Waals surface area (Å²) in [5, 5.41) is 9.67. The fourth-order valence-corrected chi connectivity index (χ4v) is 2.79. The van der Waals surface area contributed by atoms with Gasteiger partial charge < -0.3 is 20.1 Å². The zero-order valence-corrected chi connectivity index (χ0v) is 17.3. The monoisotopic (exact) mass is 423 g/mol. The van der Waals surface area contributed by atoms with Crippen LogP contribution >= 0.6 is 0 Å². The van der Waals surface area contributed by atoms with E-state index in [1.807, 2.05) is 12.1 Å². The van der Waals surface area contributed by atoms with Crippen LogP contribution in [0.25, 0.3) is 0 Å². The van der Waals surface area contributed by atoms with E-state index in [2.05, 4.69) is 20.7 Å². The molecule has 3 rings (SSSR count). The predicted octanol–water partition coefficient (Wildman–Crippen LogP) is 2.51. The molecule has 9 heteroatoms. The average Bonchev–Trinajstić information content (AvgIpc) is 3.30. The first-order valence-electron chi connectivity index (χ1n) is 9.91. The van der Waals surface area contributed by atoms with Gasteiger partial charge in [0.1, 0.15) is 30.8 Å². The Balaban J connectivity index is 1.35.